The normalized spacial score (nSPS) is 12.7. The SMILES string of the molecule is CCCCCCCN=C(N)NC(N)=NCCCCCCN. The molecule has 0 atom stereocenters. The summed E-state index contributed by atoms with van der Waals surface area (Å²) in [5, 5.41) is 2.82. The van der Waals surface area contributed by atoms with E-state index in [1.54, 1.807) is 0 Å². The molecule has 0 rings (SSSR count). The Bertz CT molecular complexity index is 260. The molecule has 0 radical (unpaired) electrons. The first-order valence-electron chi connectivity index (χ1n) is 8.27. The number of guanidine groups is 2. The van der Waals surface area contributed by atoms with Crippen molar-refractivity contribution in [1.29, 1.82) is 0 Å². The van der Waals surface area contributed by atoms with E-state index in [0.717, 1.165) is 45.2 Å². The van der Waals surface area contributed by atoms with Crippen molar-refractivity contribution in [3.05, 3.63) is 0 Å². The van der Waals surface area contributed by atoms with Gasteiger partial charge in [0.1, 0.15) is 0 Å². The summed E-state index contributed by atoms with van der Waals surface area (Å²) in [6.45, 7) is 4.43. The Hall–Kier alpha value is -1.30. The van der Waals surface area contributed by atoms with E-state index in [9.17, 15) is 0 Å². The molecule has 0 aliphatic heterocycles. The lowest BCUT2D eigenvalue weighted by Crippen LogP contribution is -2.41. The van der Waals surface area contributed by atoms with Crippen molar-refractivity contribution in [2.75, 3.05) is 19.6 Å². The summed E-state index contributed by atoms with van der Waals surface area (Å²) >= 11 is 0. The number of hydrogen-bond donors (Lipinski definition) is 4. The highest BCUT2D eigenvalue weighted by Gasteiger charge is 1.95. The zero-order chi connectivity index (χ0) is 15.8. The average molecular weight is 298 g/mol. The molecule has 0 aromatic rings. The molecule has 124 valence electrons. The lowest BCUT2D eigenvalue weighted by molar-refractivity contribution is 0.638. The zero-order valence-corrected chi connectivity index (χ0v) is 13.6. The van der Waals surface area contributed by atoms with Gasteiger partial charge >= 0.3 is 0 Å². The minimum atomic E-state index is 0.348. The summed E-state index contributed by atoms with van der Waals surface area (Å²) in [6, 6.07) is 0. The quantitative estimate of drug-likeness (QED) is 0.249. The number of nitrogens with zero attached hydrogens (tertiary/aromatic N) is 2. The second-order valence-electron chi connectivity index (χ2n) is 5.28. The van der Waals surface area contributed by atoms with Gasteiger partial charge in [-0.15, -0.1) is 0 Å². The van der Waals surface area contributed by atoms with Crippen molar-refractivity contribution in [3.8, 4) is 0 Å². The third kappa shape index (κ3) is 14.9. The zero-order valence-electron chi connectivity index (χ0n) is 13.6. The number of nitrogens with one attached hydrogen (secondary N) is 1. The van der Waals surface area contributed by atoms with Crippen LogP contribution in [0.2, 0.25) is 0 Å². The predicted octanol–water partition coefficient (Wildman–Crippen LogP) is 1.69. The summed E-state index contributed by atoms with van der Waals surface area (Å²) in [7, 11) is 0. The van der Waals surface area contributed by atoms with Gasteiger partial charge in [0.25, 0.3) is 0 Å². The molecule has 0 bridgehead atoms. The van der Waals surface area contributed by atoms with Crippen LogP contribution in [0.25, 0.3) is 0 Å². The van der Waals surface area contributed by atoms with E-state index in [0.29, 0.717) is 18.5 Å². The average Bonchev–Trinajstić information content (AvgIpc) is 2.46. The lowest BCUT2D eigenvalue weighted by atomic mass is 10.2. The summed E-state index contributed by atoms with van der Waals surface area (Å²) in [5.41, 5.74) is 16.9. The van der Waals surface area contributed by atoms with Crippen LogP contribution in [0, 0.1) is 0 Å². The van der Waals surface area contributed by atoms with E-state index < -0.39 is 0 Å². The Morgan fingerprint density at radius 3 is 1.71 bits per heavy atom. The van der Waals surface area contributed by atoms with Gasteiger partial charge in [-0.2, -0.15) is 0 Å². The fourth-order valence-corrected chi connectivity index (χ4v) is 1.93. The molecule has 0 aliphatic carbocycles. The molecule has 6 heteroatoms. The van der Waals surface area contributed by atoms with Gasteiger partial charge in [-0.3, -0.25) is 15.3 Å². The fourth-order valence-electron chi connectivity index (χ4n) is 1.93. The van der Waals surface area contributed by atoms with Crippen LogP contribution in [0.5, 0.6) is 0 Å². The molecule has 0 aromatic heterocycles. The summed E-state index contributed by atoms with van der Waals surface area (Å²) in [6.07, 6.45) is 10.5. The van der Waals surface area contributed by atoms with Crippen LogP contribution in [0.4, 0.5) is 0 Å². The number of rotatable bonds is 12. The van der Waals surface area contributed by atoms with Gasteiger partial charge in [-0.25, -0.2) is 0 Å². The molecule has 0 heterocycles. The highest BCUT2D eigenvalue weighted by atomic mass is 15.2. The van der Waals surface area contributed by atoms with Crippen LogP contribution in [0.15, 0.2) is 9.98 Å². The van der Waals surface area contributed by atoms with Gasteiger partial charge in [0.05, 0.1) is 0 Å². The molecular formula is C15H34N6. The van der Waals surface area contributed by atoms with E-state index in [1.807, 2.05) is 0 Å². The maximum absolute atomic E-state index is 5.75. The maximum Gasteiger partial charge on any atom is 0.195 e. The standard InChI is InChI=1S/C15H34N6/c1-2-3-4-6-9-12-19-14(17)21-15(18)20-13-10-7-5-8-11-16/h2-13,16H2,1H3,(H5,17,18,19,20,21). The van der Waals surface area contributed by atoms with Gasteiger partial charge in [-0.1, -0.05) is 45.4 Å². The van der Waals surface area contributed by atoms with Crippen molar-refractivity contribution in [1.82, 2.24) is 5.32 Å². The Kier molecular flexibility index (Phi) is 14.2. The third-order valence-electron chi connectivity index (χ3n) is 3.19. The summed E-state index contributed by atoms with van der Waals surface area (Å²) < 4.78 is 0. The molecule has 0 fully saturated rings. The van der Waals surface area contributed by atoms with Gasteiger partial charge in [-0.05, 0) is 25.8 Å². The van der Waals surface area contributed by atoms with Gasteiger partial charge in [0.15, 0.2) is 11.9 Å². The lowest BCUT2D eigenvalue weighted by Gasteiger charge is -2.05. The highest BCUT2D eigenvalue weighted by Crippen LogP contribution is 2.02. The van der Waals surface area contributed by atoms with E-state index in [-0.39, 0.29) is 0 Å². The topological polar surface area (TPSA) is 115 Å². The monoisotopic (exact) mass is 298 g/mol. The summed E-state index contributed by atoms with van der Waals surface area (Å²) in [4.78, 5) is 8.46. The first-order chi connectivity index (χ1) is 10.2. The van der Waals surface area contributed by atoms with Crippen molar-refractivity contribution in [2.24, 2.45) is 27.2 Å². The van der Waals surface area contributed by atoms with Crippen LogP contribution in [0.3, 0.4) is 0 Å². The molecule has 0 saturated carbocycles. The molecular weight excluding hydrogens is 264 g/mol. The van der Waals surface area contributed by atoms with Crippen LogP contribution in [-0.2, 0) is 0 Å². The molecule has 6 nitrogen and oxygen atoms in total. The molecule has 0 spiro atoms. The first kappa shape index (κ1) is 19.7. The van der Waals surface area contributed by atoms with Crippen LogP contribution in [0.1, 0.15) is 64.7 Å². The van der Waals surface area contributed by atoms with E-state index >= 15 is 0 Å². The van der Waals surface area contributed by atoms with Crippen LogP contribution >= 0.6 is 0 Å². The first-order valence-corrected chi connectivity index (χ1v) is 8.27. The van der Waals surface area contributed by atoms with Crippen molar-refractivity contribution in [2.45, 2.75) is 64.7 Å². The molecule has 0 amide bonds. The highest BCUT2D eigenvalue weighted by molar-refractivity contribution is 5.96. The molecule has 0 saturated heterocycles. The van der Waals surface area contributed by atoms with E-state index in [1.165, 1.54) is 25.7 Å². The smallest absolute Gasteiger partial charge is 0.195 e. The number of unbranched alkanes of at least 4 members (excludes halogenated alkanes) is 7. The number of hydrogen-bond acceptors (Lipinski definition) is 3. The summed E-state index contributed by atoms with van der Waals surface area (Å²) in [5.74, 6) is 0.705. The van der Waals surface area contributed by atoms with Crippen LogP contribution < -0.4 is 22.5 Å². The van der Waals surface area contributed by atoms with Crippen molar-refractivity contribution < 1.29 is 0 Å². The maximum atomic E-state index is 5.75. The largest absolute Gasteiger partial charge is 0.370 e. The van der Waals surface area contributed by atoms with Crippen molar-refractivity contribution in [3.63, 3.8) is 0 Å². The van der Waals surface area contributed by atoms with Gasteiger partial charge < -0.3 is 17.2 Å². The van der Waals surface area contributed by atoms with Crippen molar-refractivity contribution >= 4 is 11.9 Å². The Labute approximate surface area is 129 Å². The number of aliphatic imine (C=N–C) groups is 2. The second kappa shape index (κ2) is 15.1. The van der Waals surface area contributed by atoms with Gasteiger partial charge in [0, 0.05) is 13.1 Å². The molecule has 21 heavy (non-hydrogen) atoms. The molecule has 0 unspecified atom stereocenters. The predicted molar refractivity (Wildman–Crippen MR) is 92.4 cm³/mol. The Morgan fingerprint density at radius 1 is 0.762 bits per heavy atom. The molecule has 0 aromatic carbocycles. The minimum Gasteiger partial charge on any atom is -0.370 e. The Balaban J connectivity index is 3.63. The minimum absolute atomic E-state index is 0.348. The molecule has 7 N–H and O–H groups in total. The molecule has 0 aliphatic rings. The van der Waals surface area contributed by atoms with E-state index in [2.05, 4.69) is 22.2 Å². The van der Waals surface area contributed by atoms with Gasteiger partial charge in [0.2, 0.25) is 0 Å². The fraction of sp³-hybridized carbons (Fsp3) is 0.867. The third-order valence-corrected chi connectivity index (χ3v) is 3.19. The second-order valence-corrected chi connectivity index (χ2v) is 5.28. The van der Waals surface area contributed by atoms with E-state index in [4.69, 9.17) is 17.2 Å². The number of nitrogens with two attached hydrogens (primary N) is 3. The van der Waals surface area contributed by atoms with Crippen LogP contribution in [-0.4, -0.2) is 31.6 Å². The Morgan fingerprint density at radius 2 is 1.24 bits per heavy atom.